The first kappa shape index (κ1) is 15.5. The molecular formula is C16H25NO2S. The van der Waals surface area contributed by atoms with Gasteiger partial charge in [0.2, 0.25) is 0 Å². The first-order valence-electron chi connectivity index (χ1n) is 7.44. The van der Waals surface area contributed by atoms with Crippen LogP contribution in [-0.4, -0.2) is 23.1 Å². The minimum absolute atomic E-state index is 0.162. The monoisotopic (exact) mass is 295 g/mol. The first-order chi connectivity index (χ1) is 9.71. The molecular weight excluding hydrogens is 270 g/mol. The summed E-state index contributed by atoms with van der Waals surface area (Å²) in [6.45, 7) is 2.85. The zero-order valence-electron chi connectivity index (χ0n) is 12.4. The normalized spacial score (nSPS) is 28.1. The van der Waals surface area contributed by atoms with Gasteiger partial charge >= 0.3 is 0 Å². The number of hydrogen-bond acceptors (Lipinski definition) is 3. The van der Waals surface area contributed by atoms with E-state index in [9.17, 15) is 4.21 Å². The molecule has 0 saturated heterocycles. The highest BCUT2D eigenvalue weighted by Crippen LogP contribution is 2.37. The van der Waals surface area contributed by atoms with Gasteiger partial charge in [0.25, 0.3) is 0 Å². The predicted octanol–water partition coefficient (Wildman–Crippen LogP) is 2.96. The summed E-state index contributed by atoms with van der Waals surface area (Å²) in [6, 6.07) is 7.63. The van der Waals surface area contributed by atoms with Crippen molar-refractivity contribution in [3.05, 3.63) is 24.3 Å². The third-order valence-corrected chi connectivity index (χ3v) is 6.38. The van der Waals surface area contributed by atoms with Crippen LogP contribution in [0.1, 0.15) is 32.6 Å². The van der Waals surface area contributed by atoms with E-state index < -0.39 is 10.8 Å². The maximum absolute atomic E-state index is 13.0. The van der Waals surface area contributed by atoms with Crippen molar-refractivity contribution >= 4 is 10.8 Å². The predicted molar refractivity (Wildman–Crippen MR) is 83.4 cm³/mol. The third kappa shape index (κ3) is 3.23. The van der Waals surface area contributed by atoms with Crippen LogP contribution in [0.5, 0.6) is 5.75 Å². The number of para-hydroxylation sites is 1. The molecule has 1 aliphatic carbocycles. The highest BCUT2D eigenvalue weighted by Gasteiger charge is 2.34. The zero-order valence-corrected chi connectivity index (χ0v) is 13.2. The number of nitrogens with two attached hydrogens (primary N) is 1. The van der Waals surface area contributed by atoms with Crippen LogP contribution < -0.4 is 10.5 Å². The van der Waals surface area contributed by atoms with E-state index in [1.54, 1.807) is 7.11 Å². The van der Waals surface area contributed by atoms with Crippen LogP contribution in [0, 0.1) is 11.8 Å². The zero-order chi connectivity index (χ0) is 14.5. The molecule has 4 unspecified atom stereocenters. The maximum atomic E-state index is 13.0. The fourth-order valence-corrected chi connectivity index (χ4v) is 5.06. The molecule has 0 aromatic heterocycles. The van der Waals surface area contributed by atoms with Gasteiger partial charge in [-0.3, -0.25) is 4.21 Å². The lowest BCUT2D eigenvalue weighted by Crippen LogP contribution is -2.37. The smallest absolute Gasteiger partial charge is 0.134 e. The second-order valence-corrected chi connectivity index (χ2v) is 7.21. The second-order valence-electron chi connectivity index (χ2n) is 5.57. The Bertz CT molecular complexity index is 464. The molecule has 4 atom stereocenters. The van der Waals surface area contributed by atoms with Crippen LogP contribution in [0.4, 0.5) is 0 Å². The molecule has 2 N–H and O–H groups in total. The molecule has 0 bridgehead atoms. The molecule has 0 heterocycles. The molecule has 1 aromatic carbocycles. The molecule has 0 spiro atoms. The minimum Gasteiger partial charge on any atom is -0.495 e. The summed E-state index contributed by atoms with van der Waals surface area (Å²) in [5, 5.41) is 0.162. The fraction of sp³-hybridized carbons (Fsp3) is 0.625. The van der Waals surface area contributed by atoms with Crippen molar-refractivity contribution in [2.75, 3.05) is 13.7 Å². The molecule has 1 aliphatic rings. The Hall–Kier alpha value is -0.870. The topological polar surface area (TPSA) is 52.3 Å². The number of methoxy groups -OCH3 is 1. The van der Waals surface area contributed by atoms with Crippen molar-refractivity contribution in [3.63, 3.8) is 0 Å². The summed E-state index contributed by atoms with van der Waals surface area (Å²) < 4.78 is 18.3. The SMILES string of the molecule is CCC1CCC(CN)C(S(=O)c2ccccc2OC)C1. The average Bonchev–Trinajstić information content (AvgIpc) is 2.53. The molecule has 0 radical (unpaired) electrons. The van der Waals surface area contributed by atoms with E-state index in [2.05, 4.69) is 6.92 Å². The third-order valence-electron chi connectivity index (χ3n) is 4.48. The van der Waals surface area contributed by atoms with E-state index in [1.165, 1.54) is 6.42 Å². The van der Waals surface area contributed by atoms with E-state index in [1.807, 2.05) is 24.3 Å². The Morgan fingerprint density at radius 3 is 2.75 bits per heavy atom. The van der Waals surface area contributed by atoms with Crippen LogP contribution in [0.25, 0.3) is 0 Å². The molecule has 112 valence electrons. The maximum Gasteiger partial charge on any atom is 0.134 e. The van der Waals surface area contributed by atoms with Crippen molar-refractivity contribution in [2.45, 2.75) is 42.8 Å². The Kier molecular flexibility index (Phi) is 5.61. The molecule has 3 nitrogen and oxygen atoms in total. The van der Waals surface area contributed by atoms with E-state index >= 15 is 0 Å². The van der Waals surface area contributed by atoms with Gasteiger partial charge < -0.3 is 10.5 Å². The first-order valence-corrected chi connectivity index (χ1v) is 8.66. The lowest BCUT2D eigenvalue weighted by molar-refractivity contribution is 0.280. The summed E-state index contributed by atoms with van der Waals surface area (Å²) >= 11 is 0. The molecule has 1 fully saturated rings. The van der Waals surface area contributed by atoms with Crippen LogP contribution in [0.3, 0.4) is 0 Å². The van der Waals surface area contributed by atoms with Crippen LogP contribution >= 0.6 is 0 Å². The van der Waals surface area contributed by atoms with Gasteiger partial charge in [-0.1, -0.05) is 31.9 Å². The highest BCUT2D eigenvalue weighted by molar-refractivity contribution is 7.85. The summed E-state index contributed by atoms with van der Waals surface area (Å²) in [7, 11) is 0.593. The Morgan fingerprint density at radius 2 is 2.10 bits per heavy atom. The van der Waals surface area contributed by atoms with Gasteiger partial charge in [0.05, 0.1) is 22.8 Å². The Balaban J connectivity index is 2.24. The number of hydrogen-bond donors (Lipinski definition) is 1. The molecule has 0 amide bonds. The van der Waals surface area contributed by atoms with Crippen molar-refractivity contribution in [3.8, 4) is 5.75 Å². The van der Waals surface area contributed by atoms with Gasteiger partial charge in [0, 0.05) is 5.25 Å². The molecule has 2 rings (SSSR count). The van der Waals surface area contributed by atoms with Gasteiger partial charge in [0.15, 0.2) is 0 Å². The molecule has 20 heavy (non-hydrogen) atoms. The standard InChI is InChI=1S/C16H25NO2S/c1-3-12-8-9-13(11-17)16(10-12)20(18)15-7-5-4-6-14(15)19-2/h4-7,12-13,16H,3,8-11,17H2,1-2H3. The van der Waals surface area contributed by atoms with Crippen LogP contribution in [-0.2, 0) is 10.8 Å². The van der Waals surface area contributed by atoms with Gasteiger partial charge in [-0.05, 0) is 43.4 Å². The van der Waals surface area contributed by atoms with Crippen molar-refractivity contribution < 1.29 is 8.95 Å². The van der Waals surface area contributed by atoms with E-state index in [4.69, 9.17) is 10.5 Å². The van der Waals surface area contributed by atoms with Crippen molar-refractivity contribution in [1.29, 1.82) is 0 Å². The van der Waals surface area contributed by atoms with Gasteiger partial charge in [0.1, 0.15) is 5.75 Å². The average molecular weight is 295 g/mol. The molecule has 1 aromatic rings. The largest absolute Gasteiger partial charge is 0.495 e. The molecule has 4 heteroatoms. The quantitative estimate of drug-likeness (QED) is 0.908. The lowest BCUT2D eigenvalue weighted by Gasteiger charge is -2.34. The molecule has 1 saturated carbocycles. The van der Waals surface area contributed by atoms with Crippen molar-refractivity contribution in [1.82, 2.24) is 0 Å². The molecule has 0 aliphatic heterocycles. The van der Waals surface area contributed by atoms with Gasteiger partial charge in [-0.25, -0.2) is 0 Å². The Labute approximate surface area is 124 Å². The summed E-state index contributed by atoms with van der Waals surface area (Å²) in [4.78, 5) is 0.815. The summed E-state index contributed by atoms with van der Waals surface area (Å²) in [6.07, 6.45) is 4.50. The van der Waals surface area contributed by atoms with E-state index in [0.717, 1.165) is 29.9 Å². The number of benzene rings is 1. The number of ether oxygens (including phenoxy) is 1. The van der Waals surface area contributed by atoms with E-state index in [-0.39, 0.29) is 5.25 Å². The summed E-state index contributed by atoms with van der Waals surface area (Å²) in [5.74, 6) is 1.77. The van der Waals surface area contributed by atoms with Crippen LogP contribution in [0.2, 0.25) is 0 Å². The van der Waals surface area contributed by atoms with Gasteiger partial charge in [-0.2, -0.15) is 0 Å². The Morgan fingerprint density at radius 1 is 1.35 bits per heavy atom. The van der Waals surface area contributed by atoms with E-state index in [0.29, 0.717) is 18.4 Å². The fourth-order valence-electron chi connectivity index (χ4n) is 3.13. The lowest BCUT2D eigenvalue weighted by atomic mass is 9.80. The highest BCUT2D eigenvalue weighted by atomic mass is 32.2. The van der Waals surface area contributed by atoms with Crippen LogP contribution in [0.15, 0.2) is 29.2 Å². The van der Waals surface area contributed by atoms with Gasteiger partial charge in [-0.15, -0.1) is 0 Å². The number of rotatable bonds is 5. The minimum atomic E-state index is -1.04. The van der Waals surface area contributed by atoms with Crippen molar-refractivity contribution in [2.24, 2.45) is 17.6 Å². The second kappa shape index (κ2) is 7.23. The summed E-state index contributed by atoms with van der Waals surface area (Å²) in [5.41, 5.74) is 5.90.